The molecule has 1 aromatic rings. The van der Waals surface area contributed by atoms with E-state index in [-0.39, 0.29) is 30.7 Å². The highest BCUT2D eigenvalue weighted by atomic mass is 19.1. The lowest BCUT2D eigenvalue weighted by Gasteiger charge is -2.25. The number of likely N-dealkylation sites (N-methyl/N-ethyl adjacent to an activating group) is 1. The van der Waals surface area contributed by atoms with Crippen LogP contribution in [0.4, 0.5) is 14.5 Å². The number of carbonyl (C=O) groups excluding carboxylic acids is 1. The number of amides is 1. The van der Waals surface area contributed by atoms with Gasteiger partial charge in [0.1, 0.15) is 11.6 Å². The fourth-order valence-electron chi connectivity index (χ4n) is 3.06. The van der Waals surface area contributed by atoms with Gasteiger partial charge in [-0.15, -0.1) is 0 Å². The molecule has 1 heterocycles. The minimum Gasteiger partial charge on any atom is -0.480 e. The van der Waals surface area contributed by atoms with Crippen LogP contribution in [0.15, 0.2) is 18.2 Å². The summed E-state index contributed by atoms with van der Waals surface area (Å²) in [6.45, 7) is 1.49. The van der Waals surface area contributed by atoms with Crippen LogP contribution in [0.5, 0.6) is 0 Å². The van der Waals surface area contributed by atoms with Crippen molar-refractivity contribution in [1.82, 2.24) is 9.80 Å². The number of carboxylic acids is 1. The molecular formula is C17H23F2N3O3. The van der Waals surface area contributed by atoms with E-state index in [9.17, 15) is 18.4 Å². The number of anilines is 1. The summed E-state index contributed by atoms with van der Waals surface area (Å²) in [5.74, 6) is -2.72. The normalized spacial score (nSPS) is 18.8. The van der Waals surface area contributed by atoms with Crippen molar-refractivity contribution >= 4 is 17.6 Å². The number of nitrogens with zero attached hydrogens (tertiary/aromatic N) is 2. The second-order valence-corrected chi connectivity index (χ2v) is 6.34. The largest absolute Gasteiger partial charge is 0.480 e. The fraction of sp³-hybridized carbons (Fsp3) is 0.529. The van der Waals surface area contributed by atoms with E-state index < -0.39 is 17.6 Å². The molecule has 1 unspecified atom stereocenters. The molecule has 0 saturated carbocycles. The van der Waals surface area contributed by atoms with Gasteiger partial charge in [-0.1, -0.05) is 0 Å². The Labute approximate surface area is 145 Å². The number of aliphatic carboxylic acids is 1. The van der Waals surface area contributed by atoms with Crippen LogP contribution < -0.4 is 5.32 Å². The van der Waals surface area contributed by atoms with Gasteiger partial charge in [0.05, 0.1) is 18.8 Å². The first-order valence-corrected chi connectivity index (χ1v) is 8.24. The lowest BCUT2D eigenvalue weighted by atomic mass is 10.1. The number of nitrogens with one attached hydrogen (secondary N) is 1. The number of hydrogen-bond acceptors (Lipinski definition) is 4. The Morgan fingerprint density at radius 3 is 2.76 bits per heavy atom. The van der Waals surface area contributed by atoms with E-state index in [1.807, 2.05) is 9.80 Å². The first kappa shape index (κ1) is 19.3. The molecule has 1 fully saturated rings. The Morgan fingerprint density at radius 2 is 2.08 bits per heavy atom. The molecule has 1 saturated heterocycles. The Balaban J connectivity index is 1.84. The molecule has 1 aliphatic heterocycles. The zero-order valence-electron chi connectivity index (χ0n) is 14.2. The molecule has 138 valence electrons. The van der Waals surface area contributed by atoms with Gasteiger partial charge in [0.2, 0.25) is 5.91 Å². The number of likely N-dealkylation sites (tertiary alicyclic amines) is 1. The first-order valence-electron chi connectivity index (χ1n) is 8.24. The summed E-state index contributed by atoms with van der Waals surface area (Å²) in [5.41, 5.74) is -0.0414. The number of carbonyl (C=O) groups is 2. The number of benzene rings is 1. The smallest absolute Gasteiger partial charge is 0.317 e. The number of hydrogen-bond donors (Lipinski definition) is 2. The molecule has 0 aromatic heterocycles. The van der Waals surface area contributed by atoms with Gasteiger partial charge < -0.3 is 10.4 Å². The minimum absolute atomic E-state index is 0.00496. The molecule has 2 rings (SSSR count). The third-order valence-corrected chi connectivity index (χ3v) is 4.37. The molecule has 25 heavy (non-hydrogen) atoms. The second-order valence-electron chi connectivity index (χ2n) is 6.34. The van der Waals surface area contributed by atoms with Crippen LogP contribution in [0.2, 0.25) is 0 Å². The molecule has 0 radical (unpaired) electrons. The highest BCUT2D eigenvalue weighted by molar-refractivity contribution is 5.92. The van der Waals surface area contributed by atoms with E-state index in [2.05, 4.69) is 5.32 Å². The average Bonchev–Trinajstić information content (AvgIpc) is 2.75. The fourth-order valence-corrected chi connectivity index (χ4v) is 3.06. The van der Waals surface area contributed by atoms with Crippen LogP contribution in [0, 0.1) is 11.6 Å². The van der Waals surface area contributed by atoms with Crippen molar-refractivity contribution in [3.63, 3.8) is 0 Å². The third-order valence-electron chi connectivity index (χ3n) is 4.37. The van der Waals surface area contributed by atoms with E-state index >= 15 is 0 Å². The summed E-state index contributed by atoms with van der Waals surface area (Å²) in [6.07, 6.45) is 2.49. The monoisotopic (exact) mass is 355 g/mol. The number of rotatable bonds is 6. The van der Waals surface area contributed by atoms with Crippen LogP contribution >= 0.6 is 0 Å². The Kier molecular flexibility index (Phi) is 6.83. The first-order chi connectivity index (χ1) is 11.8. The molecule has 2 N–H and O–H groups in total. The van der Waals surface area contributed by atoms with E-state index in [0.29, 0.717) is 6.54 Å². The van der Waals surface area contributed by atoms with Crippen molar-refractivity contribution < 1.29 is 23.5 Å². The number of carboxylic acid groups (broad SMARTS) is 1. The van der Waals surface area contributed by atoms with Crippen molar-refractivity contribution in [2.24, 2.45) is 0 Å². The third kappa shape index (κ3) is 6.06. The van der Waals surface area contributed by atoms with E-state index in [1.165, 1.54) is 6.07 Å². The molecule has 0 spiro atoms. The molecule has 0 bridgehead atoms. The summed E-state index contributed by atoms with van der Waals surface area (Å²) in [5, 5.41) is 11.3. The summed E-state index contributed by atoms with van der Waals surface area (Å²) in [7, 11) is 1.79. The maximum Gasteiger partial charge on any atom is 0.317 e. The Bertz CT molecular complexity index is 627. The summed E-state index contributed by atoms with van der Waals surface area (Å²) in [4.78, 5) is 26.7. The lowest BCUT2D eigenvalue weighted by molar-refractivity contribution is -0.138. The second kappa shape index (κ2) is 8.87. The van der Waals surface area contributed by atoms with Crippen LogP contribution in [0.25, 0.3) is 0 Å². The average molecular weight is 355 g/mol. The maximum absolute atomic E-state index is 13.6. The molecule has 6 nitrogen and oxygen atoms in total. The van der Waals surface area contributed by atoms with Gasteiger partial charge in [0.25, 0.3) is 0 Å². The highest BCUT2D eigenvalue weighted by Gasteiger charge is 2.22. The van der Waals surface area contributed by atoms with Crippen LogP contribution in [-0.2, 0) is 9.59 Å². The van der Waals surface area contributed by atoms with Gasteiger partial charge >= 0.3 is 5.97 Å². The van der Waals surface area contributed by atoms with E-state index in [4.69, 9.17) is 5.11 Å². The van der Waals surface area contributed by atoms with Crippen molar-refractivity contribution in [3.8, 4) is 0 Å². The van der Waals surface area contributed by atoms with Crippen molar-refractivity contribution in [3.05, 3.63) is 29.8 Å². The molecule has 1 atom stereocenters. The zero-order chi connectivity index (χ0) is 18.4. The molecule has 1 amide bonds. The Hall–Kier alpha value is -2.06. The predicted molar refractivity (Wildman–Crippen MR) is 89.3 cm³/mol. The van der Waals surface area contributed by atoms with E-state index in [0.717, 1.165) is 37.9 Å². The molecule has 1 aromatic carbocycles. The van der Waals surface area contributed by atoms with Gasteiger partial charge in [-0.05, 0) is 45.0 Å². The molecular weight excluding hydrogens is 332 g/mol. The quantitative estimate of drug-likeness (QED) is 0.814. The van der Waals surface area contributed by atoms with Gasteiger partial charge in [-0.25, -0.2) is 8.78 Å². The molecule has 1 aliphatic rings. The Morgan fingerprint density at radius 1 is 1.32 bits per heavy atom. The summed E-state index contributed by atoms with van der Waals surface area (Å²) < 4.78 is 26.5. The maximum atomic E-state index is 13.6. The van der Waals surface area contributed by atoms with Crippen molar-refractivity contribution in [1.29, 1.82) is 0 Å². The number of halogens is 2. The summed E-state index contributed by atoms with van der Waals surface area (Å²) >= 11 is 0. The predicted octanol–water partition coefficient (Wildman–Crippen LogP) is 1.77. The zero-order valence-corrected chi connectivity index (χ0v) is 14.2. The van der Waals surface area contributed by atoms with Crippen LogP contribution in [0.1, 0.15) is 19.3 Å². The van der Waals surface area contributed by atoms with Crippen LogP contribution in [-0.4, -0.2) is 66.1 Å². The highest BCUT2D eigenvalue weighted by Crippen LogP contribution is 2.17. The molecule has 8 heteroatoms. The van der Waals surface area contributed by atoms with Crippen LogP contribution in [0.3, 0.4) is 0 Å². The van der Waals surface area contributed by atoms with Gasteiger partial charge in [-0.3, -0.25) is 19.4 Å². The van der Waals surface area contributed by atoms with Gasteiger partial charge in [-0.2, -0.15) is 0 Å². The van der Waals surface area contributed by atoms with Gasteiger partial charge in [0.15, 0.2) is 0 Å². The van der Waals surface area contributed by atoms with E-state index in [1.54, 1.807) is 7.05 Å². The standard InChI is InChI=1S/C17H23F2N3O3/c1-21(11-17(24)25)13-3-2-7-22(8-6-13)10-16(23)20-15-5-4-12(18)9-14(15)19/h4-5,9,13H,2-3,6-8,10-11H2,1H3,(H,20,23)(H,24,25). The van der Waals surface area contributed by atoms with Crippen molar-refractivity contribution in [2.45, 2.75) is 25.3 Å². The lowest BCUT2D eigenvalue weighted by Crippen LogP contribution is -2.37. The van der Waals surface area contributed by atoms with Gasteiger partial charge in [0, 0.05) is 18.7 Å². The van der Waals surface area contributed by atoms with Crippen molar-refractivity contribution in [2.75, 3.05) is 38.5 Å². The SMILES string of the molecule is CN(CC(=O)O)C1CCCN(CC(=O)Nc2ccc(F)cc2F)CC1. The summed E-state index contributed by atoms with van der Waals surface area (Å²) in [6, 6.07) is 3.18. The topological polar surface area (TPSA) is 72.9 Å². The minimum atomic E-state index is -0.857. The molecule has 0 aliphatic carbocycles.